The van der Waals surface area contributed by atoms with E-state index in [2.05, 4.69) is 20.8 Å². The Morgan fingerprint density at radius 1 is 0.405 bits per heavy atom. The van der Waals surface area contributed by atoms with Crippen LogP contribution in [-0.2, 0) is 14.4 Å². The summed E-state index contributed by atoms with van der Waals surface area (Å²) in [5.74, 6) is -2.00. The van der Waals surface area contributed by atoms with Crippen molar-refractivity contribution in [3.63, 3.8) is 0 Å². The van der Waals surface area contributed by atoms with Crippen LogP contribution < -0.4 is 0 Å². The number of carboxylic acids is 3. The molecule has 0 unspecified atom stereocenters. The van der Waals surface area contributed by atoms with Gasteiger partial charge in [0, 0.05) is 24.7 Å². The average Bonchev–Trinajstić information content (AvgIpc) is 2.96. The Hall–Kier alpha value is -1.71. The van der Waals surface area contributed by atoms with Gasteiger partial charge in [-0.1, -0.05) is 124 Å². The van der Waals surface area contributed by atoms with Gasteiger partial charge in [0.2, 0.25) is 0 Å². The molecule has 0 saturated carbocycles. The van der Waals surface area contributed by atoms with E-state index in [0.717, 1.165) is 38.5 Å². The molecule has 0 aliphatic carbocycles. The van der Waals surface area contributed by atoms with E-state index in [0.29, 0.717) is 25.7 Å². The van der Waals surface area contributed by atoms with Gasteiger partial charge >= 0.3 is 17.9 Å². The highest BCUT2D eigenvalue weighted by Gasteiger charge is 2.24. The molecule has 6 N–H and O–H groups in total. The summed E-state index contributed by atoms with van der Waals surface area (Å²) in [6.07, 6.45) is 22.3. The Morgan fingerprint density at radius 2 is 0.619 bits per heavy atom. The molecule has 0 radical (unpaired) electrons. The number of aliphatic hydroxyl groups is 3. The van der Waals surface area contributed by atoms with Crippen LogP contribution in [0, 0.1) is 5.41 Å². The van der Waals surface area contributed by atoms with Gasteiger partial charge in [-0.3, -0.25) is 14.4 Å². The molecule has 42 heavy (non-hydrogen) atoms. The number of aliphatic carboxylic acids is 3. The largest absolute Gasteiger partial charge is 0.481 e. The van der Waals surface area contributed by atoms with Gasteiger partial charge in [-0.05, 0) is 25.7 Å². The third kappa shape index (κ3) is 45.3. The molecule has 0 aromatic rings. The predicted molar refractivity (Wildman–Crippen MR) is 171 cm³/mol. The highest BCUT2D eigenvalue weighted by Crippen LogP contribution is 2.18. The topological polar surface area (TPSA) is 173 Å². The van der Waals surface area contributed by atoms with Crippen LogP contribution in [0.2, 0.25) is 0 Å². The van der Waals surface area contributed by atoms with Crippen molar-refractivity contribution in [2.24, 2.45) is 5.41 Å². The zero-order valence-corrected chi connectivity index (χ0v) is 27.6. The molecule has 0 aromatic heterocycles. The van der Waals surface area contributed by atoms with Crippen LogP contribution in [-0.4, -0.2) is 68.4 Å². The molecule has 254 valence electrons. The van der Waals surface area contributed by atoms with Gasteiger partial charge < -0.3 is 30.6 Å². The lowest BCUT2D eigenvalue weighted by Crippen LogP contribution is -2.32. The van der Waals surface area contributed by atoms with Crippen LogP contribution in [0.5, 0.6) is 0 Å². The number of carbonyl (C=O) groups is 3. The maximum atomic E-state index is 10.1. The molecule has 0 atom stereocenters. The van der Waals surface area contributed by atoms with Crippen molar-refractivity contribution >= 4 is 17.9 Å². The normalized spacial score (nSPS) is 10.4. The molecule has 0 amide bonds. The van der Waals surface area contributed by atoms with E-state index in [1.807, 2.05) is 6.92 Å². The van der Waals surface area contributed by atoms with Crippen molar-refractivity contribution in [2.75, 3.05) is 19.8 Å². The standard InChI is InChI=1S/3C9H18O2.C6H14O3/c3*1-2-3-4-5-6-7-8-9(10)11;1-2-6(3-7,4-8)5-9/h3*2-8H2,1H3,(H,10,11);7-9H,2-5H2,1H3. The Kier molecular flexibility index (Phi) is 44.2. The van der Waals surface area contributed by atoms with Crippen LogP contribution in [0.25, 0.3) is 0 Å². The minimum atomic E-state index is -0.667. The first-order valence-electron chi connectivity index (χ1n) is 16.5. The fourth-order valence-corrected chi connectivity index (χ4v) is 3.66. The SMILES string of the molecule is CCC(CO)(CO)CO.CCCCCCCCC(=O)O.CCCCCCCCC(=O)O.CCCCCCCCC(=O)O. The lowest BCUT2D eigenvalue weighted by atomic mass is 9.88. The molecule has 0 bridgehead atoms. The first-order valence-corrected chi connectivity index (χ1v) is 16.5. The van der Waals surface area contributed by atoms with Gasteiger partial charge in [-0.2, -0.15) is 0 Å². The summed E-state index contributed by atoms with van der Waals surface area (Å²) in [7, 11) is 0. The van der Waals surface area contributed by atoms with E-state index in [1.54, 1.807) is 0 Å². The third-order valence-corrected chi connectivity index (χ3v) is 6.99. The molecule has 9 nitrogen and oxygen atoms in total. The molecule has 0 aliphatic heterocycles. The Morgan fingerprint density at radius 3 is 0.762 bits per heavy atom. The number of aliphatic hydroxyl groups excluding tert-OH is 3. The Labute approximate surface area is 257 Å². The first kappa shape index (κ1) is 47.2. The number of unbranched alkanes of at least 4 members (excludes halogenated alkanes) is 15. The molecule has 0 heterocycles. The average molecular weight is 609 g/mol. The smallest absolute Gasteiger partial charge is 0.303 e. The van der Waals surface area contributed by atoms with Crippen molar-refractivity contribution in [1.82, 2.24) is 0 Å². The van der Waals surface area contributed by atoms with E-state index in [1.165, 1.54) is 77.0 Å². The highest BCUT2D eigenvalue weighted by atomic mass is 16.4. The van der Waals surface area contributed by atoms with Crippen LogP contribution in [0.3, 0.4) is 0 Å². The second kappa shape index (κ2) is 39.3. The number of rotatable bonds is 25. The van der Waals surface area contributed by atoms with E-state index >= 15 is 0 Å². The quantitative estimate of drug-likeness (QED) is 0.0565. The van der Waals surface area contributed by atoms with E-state index in [4.69, 9.17) is 30.6 Å². The maximum absolute atomic E-state index is 10.1. The van der Waals surface area contributed by atoms with Crippen molar-refractivity contribution in [2.45, 2.75) is 169 Å². The van der Waals surface area contributed by atoms with Crippen molar-refractivity contribution in [3.05, 3.63) is 0 Å². The van der Waals surface area contributed by atoms with E-state index in [9.17, 15) is 14.4 Å². The molecule has 0 saturated heterocycles. The second-order valence-electron chi connectivity index (χ2n) is 11.1. The Balaban J connectivity index is -0.000000230. The van der Waals surface area contributed by atoms with Gasteiger partial charge in [0.25, 0.3) is 0 Å². The summed E-state index contributed by atoms with van der Waals surface area (Å²) < 4.78 is 0. The summed E-state index contributed by atoms with van der Waals surface area (Å²) in [5.41, 5.74) is -0.667. The van der Waals surface area contributed by atoms with Gasteiger partial charge in [0.05, 0.1) is 19.8 Å². The van der Waals surface area contributed by atoms with Gasteiger partial charge in [-0.15, -0.1) is 0 Å². The fourth-order valence-electron chi connectivity index (χ4n) is 3.66. The lowest BCUT2D eigenvalue weighted by Gasteiger charge is -2.24. The van der Waals surface area contributed by atoms with Crippen molar-refractivity contribution < 1.29 is 45.0 Å². The molecule has 0 fully saturated rings. The number of carboxylic acid groups (broad SMARTS) is 3. The first-order chi connectivity index (χ1) is 20.1. The fraction of sp³-hybridized carbons (Fsp3) is 0.909. The summed E-state index contributed by atoms with van der Waals surface area (Å²) in [4.78, 5) is 30.3. The van der Waals surface area contributed by atoms with E-state index in [-0.39, 0.29) is 19.8 Å². The minimum absolute atomic E-state index is 0.156. The molecule has 0 aromatic carbocycles. The van der Waals surface area contributed by atoms with Crippen LogP contribution >= 0.6 is 0 Å². The zero-order valence-electron chi connectivity index (χ0n) is 27.6. The second-order valence-corrected chi connectivity index (χ2v) is 11.1. The summed E-state index contributed by atoms with van der Waals surface area (Å²) in [6.45, 7) is 7.89. The summed E-state index contributed by atoms with van der Waals surface area (Å²) >= 11 is 0. The number of hydrogen-bond donors (Lipinski definition) is 6. The summed E-state index contributed by atoms with van der Waals surface area (Å²) in [5, 5.41) is 50.9. The van der Waals surface area contributed by atoms with Gasteiger partial charge in [0.15, 0.2) is 0 Å². The number of hydrogen-bond acceptors (Lipinski definition) is 6. The van der Waals surface area contributed by atoms with Gasteiger partial charge in [-0.25, -0.2) is 0 Å². The van der Waals surface area contributed by atoms with Crippen molar-refractivity contribution in [1.29, 1.82) is 0 Å². The van der Waals surface area contributed by atoms with Crippen LogP contribution in [0.1, 0.15) is 169 Å². The predicted octanol–water partition coefficient (Wildman–Crippen LogP) is 7.82. The minimum Gasteiger partial charge on any atom is -0.481 e. The summed E-state index contributed by atoms with van der Waals surface area (Å²) in [6, 6.07) is 0. The van der Waals surface area contributed by atoms with E-state index < -0.39 is 23.3 Å². The molecule has 0 aliphatic rings. The maximum Gasteiger partial charge on any atom is 0.303 e. The zero-order chi connectivity index (χ0) is 32.9. The lowest BCUT2D eigenvalue weighted by molar-refractivity contribution is -0.138. The monoisotopic (exact) mass is 608 g/mol. The van der Waals surface area contributed by atoms with Crippen LogP contribution in [0.15, 0.2) is 0 Å². The molecular weight excluding hydrogens is 540 g/mol. The molecule has 0 rings (SSSR count). The van der Waals surface area contributed by atoms with Gasteiger partial charge in [0.1, 0.15) is 0 Å². The Bertz CT molecular complexity index is 484. The third-order valence-electron chi connectivity index (χ3n) is 6.99. The highest BCUT2D eigenvalue weighted by molar-refractivity contribution is 5.67. The molecular formula is C33H68O9. The molecule has 9 heteroatoms. The van der Waals surface area contributed by atoms with Crippen molar-refractivity contribution in [3.8, 4) is 0 Å². The van der Waals surface area contributed by atoms with Crippen LogP contribution in [0.4, 0.5) is 0 Å². The molecule has 0 spiro atoms.